The molecule has 0 radical (unpaired) electrons. The molecule has 0 spiro atoms. The van der Waals surface area contributed by atoms with Crippen molar-refractivity contribution in [1.29, 1.82) is 0 Å². The summed E-state index contributed by atoms with van der Waals surface area (Å²) in [6.45, 7) is 3.75. The van der Waals surface area contributed by atoms with Crippen molar-refractivity contribution >= 4 is 44.8 Å². The van der Waals surface area contributed by atoms with Gasteiger partial charge in [0.05, 0.1) is 18.8 Å². The lowest BCUT2D eigenvalue weighted by Gasteiger charge is -2.17. The first-order chi connectivity index (χ1) is 11.6. The van der Waals surface area contributed by atoms with E-state index in [0.29, 0.717) is 13.1 Å². The maximum absolute atomic E-state index is 12.2. The largest absolute Gasteiger partial charge is 0.346 e. The van der Waals surface area contributed by atoms with E-state index in [4.69, 9.17) is 0 Å². The Labute approximate surface area is 154 Å². The number of halogens is 1. The highest BCUT2D eigenvalue weighted by Crippen LogP contribution is 2.20. The van der Waals surface area contributed by atoms with Crippen LogP contribution in [-0.2, 0) is 16.1 Å². The maximum atomic E-state index is 12.2. The van der Waals surface area contributed by atoms with Crippen molar-refractivity contribution in [3.05, 3.63) is 51.1 Å². The Morgan fingerprint density at radius 1 is 1.12 bits per heavy atom. The average molecular weight is 411 g/mol. The summed E-state index contributed by atoms with van der Waals surface area (Å²) in [5.74, 6) is -0.154. The Balaban J connectivity index is 1.79. The number of nitrogens with one attached hydrogen (secondary N) is 3. The van der Waals surface area contributed by atoms with Crippen LogP contribution in [0, 0.1) is 0 Å². The average Bonchev–Trinajstić information content (AvgIpc) is 3.08. The van der Waals surface area contributed by atoms with Crippen molar-refractivity contribution in [3.8, 4) is 0 Å². The van der Waals surface area contributed by atoms with E-state index < -0.39 is 0 Å². The van der Waals surface area contributed by atoms with Gasteiger partial charge in [-0.3, -0.25) is 9.59 Å². The molecular weight excluding hydrogens is 390 g/mol. The monoisotopic (exact) mass is 410 g/mol. The van der Waals surface area contributed by atoms with Gasteiger partial charge in [-0.05, 0) is 46.4 Å². The predicted molar refractivity (Wildman–Crippen MR) is 100 cm³/mol. The van der Waals surface area contributed by atoms with Crippen LogP contribution < -0.4 is 15.5 Å². The maximum Gasteiger partial charge on any atom is 0.279 e. The molecular formula is C17H21BrN3O2S+. The molecule has 2 rings (SSSR count). The summed E-state index contributed by atoms with van der Waals surface area (Å²) >= 11 is 5.02. The molecule has 5 nitrogen and oxygen atoms in total. The lowest BCUT2D eigenvalue weighted by atomic mass is 10.3. The lowest BCUT2D eigenvalue weighted by molar-refractivity contribution is -0.881. The van der Waals surface area contributed by atoms with E-state index in [1.165, 1.54) is 0 Å². The number of para-hydroxylation sites is 1. The predicted octanol–water partition coefficient (Wildman–Crippen LogP) is 1.67. The Hall–Kier alpha value is -1.70. The molecule has 2 aromatic rings. The molecule has 1 aromatic carbocycles. The summed E-state index contributed by atoms with van der Waals surface area (Å²) < 4.78 is 0.838. The Bertz CT molecular complexity index is 676. The zero-order chi connectivity index (χ0) is 17.4. The van der Waals surface area contributed by atoms with Crippen molar-refractivity contribution in [2.75, 3.05) is 25.0 Å². The Morgan fingerprint density at radius 2 is 1.88 bits per heavy atom. The van der Waals surface area contributed by atoms with Gasteiger partial charge in [0.2, 0.25) is 0 Å². The van der Waals surface area contributed by atoms with Crippen LogP contribution in [-0.4, -0.2) is 31.4 Å². The number of rotatable bonds is 8. The van der Waals surface area contributed by atoms with E-state index in [9.17, 15) is 9.59 Å². The third-order valence-corrected chi connectivity index (χ3v) is 5.08. The number of hydrogen-bond donors (Lipinski definition) is 3. The number of carbonyl (C=O) groups excluding carboxylic acids is 2. The van der Waals surface area contributed by atoms with Gasteiger partial charge in [-0.25, -0.2) is 0 Å². The topological polar surface area (TPSA) is 62.6 Å². The summed E-state index contributed by atoms with van der Waals surface area (Å²) in [6, 6.07) is 11.4. The number of likely N-dealkylation sites (N-methyl/N-ethyl adjacent to an activating group) is 1. The molecule has 0 saturated heterocycles. The summed E-state index contributed by atoms with van der Waals surface area (Å²) in [6.07, 6.45) is 0. The van der Waals surface area contributed by atoms with Crippen LogP contribution in [0.5, 0.6) is 0 Å². The van der Waals surface area contributed by atoms with Gasteiger partial charge in [0.25, 0.3) is 11.8 Å². The minimum Gasteiger partial charge on any atom is -0.346 e. The smallest absolute Gasteiger partial charge is 0.279 e. The van der Waals surface area contributed by atoms with Gasteiger partial charge < -0.3 is 15.5 Å². The van der Waals surface area contributed by atoms with E-state index in [-0.39, 0.29) is 24.9 Å². The number of benzene rings is 1. The normalized spacial score (nSPS) is 11.8. The number of anilines is 1. The van der Waals surface area contributed by atoms with Crippen molar-refractivity contribution < 1.29 is 14.5 Å². The molecule has 3 N–H and O–H groups in total. The quantitative estimate of drug-likeness (QED) is 0.619. The molecule has 0 saturated carbocycles. The van der Waals surface area contributed by atoms with Gasteiger partial charge >= 0.3 is 0 Å². The third kappa shape index (κ3) is 6.07. The van der Waals surface area contributed by atoms with Gasteiger partial charge in [-0.15, -0.1) is 11.3 Å². The summed E-state index contributed by atoms with van der Waals surface area (Å²) in [7, 11) is 0. The number of quaternary nitrogens is 1. The van der Waals surface area contributed by atoms with E-state index in [1.54, 1.807) is 11.3 Å². The molecule has 1 aromatic heterocycles. The van der Waals surface area contributed by atoms with Crippen LogP contribution >= 0.6 is 27.3 Å². The highest BCUT2D eigenvalue weighted by molar-refractivity contribution is 9.10. The second kappa shape index (κ2) is 9.56. The van der Waals surface area contributed by atoms with Crippen molar-refractivity contribution in [2.45, 2.75) is 13.5 Å². The number of hydrogen-bond acceptors (Lipinski definition) is 3. The molecule has 0 fully saturated rings. The van der Waals surface area contributed by atoms with E-state index >= 15 is 0 Å². The molecule has 1 heterocycles. The van der Waals surface area contributed by atoms with Gasteiger partial charge in [-0.1, -0.05) is 18.2 Å². The zero-order valence-electron chi connectivity index (χ0n) is 13.5. The first-order valence-electron chi connectivity index (χ1n) is 7.75. The number of carbonyl (C=O) groups is 2. The van der Waals surface area contributed by atoms with Crippen LogP contribution in [0.25, 0.3) is 0 Å². The fraction of sp³-hybridized carbons (Fsp3) is 0.294. The standard InChI is InChI=1S/C17H20BrN3O2S/c1-2-21(11-16(22)19-10-13-6-5-9-24-13)12-17(23)20-15-8-4-3-7-14(15)18/h3-9H,2,10-12H2,1H3,(H,19,22)(H,20,23)/p+1. The van der Waals surface area contributed by atoms with Crippen molar-refractivity contribution in [3.63, 3.8) is 0 Å². The molecule has 0 aliphatic carbocycles. The van der Waals surface area contributed by atoms with Crippen LogP contribution in [0.2, 0.25) is 0 Å². The van der Waals surface area contributed by atoms with Crippen LogP contribution in [0.4, 0.5) is 5.69 Å². The molecule has 0 aliphatic rings. The van der Waals surface area contributed by atoms with Gasteiger partial charge in [0.1, 0.15) is 0 Å². The number of amides is 2. The fourth-order valence-corrected chi connectivity index (χ4v) is 3.21. The molecule has 0 aliphatic heterocycles. The second-order valence-electron chi connectivity index (χ2n) is 5.34. The van der Waals surface area contributed by atoms with Gasteiger partial charge in [0, 0.05) is 9.35 Å². The summed E-state index contributed by atoms with van der Waals surface area (Å²) in [4.78, 5) is 26.3. The fourth-order valence-electron chi connectivity index (χ4n) is 2.18. The van der Waals surface area contributed by atoms with E-state index in [2.05, 4.69) is 26.6 Å². The molecule has 1 unspecified atom stereocenters. The van der Waals surface area contributed by atoms with E-state index in [0.717, 1.165) is 19.9 Å². The van der Waals surface area contributed by atoms with Gasteiger partial charge in [0.15, 0.2) is 13.1 Å². The highest BCUT2D eigenvalue weighted by Gasteiger charge is 2.17. The number of thiophene rings is 1. The zero-order valence-corrected chi connectivity index (χ0v) is 15.9. The SMILES string of the molecule is CC[NH+](CC(=O)NCc1cccs1)CC(=O)Nc1ccccc1Br. The molecule has 2 amide bonds. The molecule has 128 valence electrons. The van der Waals surface area contributed by atoms with Crippen molar-refractivity contribution in [2.24, 2.45) is 0 Å². The summed E-state index contributed by atoms with van der Waals surface area (Å²) in [5, 5.41) is 7.74. The van der Waals surface area contributed by atoms with Crippen LogP contribution in [0.1, 0.15) is 11.8 Å². The van der Waals surface area contributed by atoms with Crippen LogP contribution in [0.15, 0.2) is 46.3 Å². The molecule has 7 heteroatoms. The molecule has 24 heavy (non-hydrogen) atoms. The minimum atomic E-state index is -0.107. The van der Waals surface area contributed by atoms with Crippen LogP contribution in [0.3, 0.4) is 0 Å². The highest BCUT2D eigenvalue weighted by atomic mass is 79.9. The first-order valence-corrected chi connectivity index (χ1v) is 9.42. The third-order valence-electron chi connectivity index (χ3n) is 3.51. The first kappa shape index (κ1) is 18.6. The van der Waals surface area contributed by atoms with Gasteiger partial charge in [-0.2, -0.15) is 0 Å². The van der Waals surface area contributed by atoms with E-state index in [1.807, 2.05) is 48.7 Å². The lowest BCUT2D eigenvalue weighted by Crippen LogP contribution is -3.13. The Kier molecular flexibility index (Phi) is 7.42. The second-order valence-corrected chi connectivity index (χ2v) is 7.23. The van der Waals surface area contributed by atoms with Crippen molar-refractivity contribution in [1.82, 2.24) is 5.32 Å². The Morgan fingerprint density at radius 3 is 2.54 bits per heavy atom. The molecule has 0 bridgehead atoms. The minimum absolute atomic E-state index is 0.0473. The molecule has 1 atom stereocenters. The summed E-state index contributed by atoms with van der Waals surface area (Å²) in [5.41, 5.74) is 0.736.